The number of hydrogen-bond donors (Lipinski definition) is 1. The molecular formula is C15H16BrNO3. The number of anilines is 1. The van der Waals surface area contributed by atoms with E-state index in [1.807, 2.05) is 36.4 Å². The molecule has 4 nitrogen and oxygen atoms in total. The van der Waals surface area contributed by atoms with E-state index in [1.54, 1.807) is 7.11 Å². The van der Waals surface area contributed by atoms with Gasteiger partial charge in [0.05, 0.1) is 13.2 Å². The van der Waals surface area contributed by atoms with Gasteiger partial charge in [-0.3, -0.25) is 4.79 Å². The van der Waals surface area contributed by atoms with E-state index in [4.69, 9.17) is 9.47 Å². The first kappa shape index (κ1) is 15.0. The van der Waals surface area contributed by atoms with Crippen LogP contribution in [0.1, 0.15) is 0 Å². The van der Waals surface area contributed by atoms with Crippen LogP contribution in [0.5, 0.6) is 0 Å². The second-order valence-corrected chi connectivity index (χ2v) is 5.22. The number of carbonyl (C=O) groups excluding carboxylic acids is 1. The fourth-order valence-electron chi connectivity index (χ4n) is 1.80. The Kier molecular flexibility index (Phi) is 5.52. The fraction of sp³-hybridized carbons (Fsp3) is 0.267. The summed E-state index contributed by atoms with van der Waals surface area (Å²) in [6.45, 7) is 0.926. The number of fused-ring (bicyclic) bond motifs is 1. The van der Waals surface area contributed by atoms with E-state index in [0.29, 0.717) is 13.2 Å². The molecule has 0 atom stereocenters. The lowest BCUT2D eigenvalue weighted by atomic mass is 10.1. The number of halogens is 1. The van der Waals surface area contributed by atoms with E-state index in [-0.39, 0.29) is 12.5 Å². The molecule has 0 spiro atoms. The third kappa shape index (κ3) is 4.30. The Morgan fingerprint density at radius 3 is 2.70 bits per heavy atom. The van der Waals surface area contributed by atoms with Gasteiger partial charge in [-0.15, -0.1) is 0 Å². The van der Waals surface area contributed by atoms with Crippen molar-refractivity contribution in [2.45, 2.75) is 0 Å². The summed E-state index contributed by atoms with van der Waals surface area (Å²) in [5.41, 5.74) is 0.764. The highest BCUT2D eigenvalue weighted by Gasteiger charge is 2.03. The van der Waals surface area contributed by atoms with Crippen LogP contribution in [0.15, 0.2) is 40.9 Å². The second kappa shape index (κ2) is 7.38. The van der Waals surface area contributed by atoms with Crippen LogP contribution in [-0.2, 0) is 14.3 Å². The van der Waals surface area contributed by atoms with Crippen molar-refractivity contribution in [3.63, 3.8) is 0 Å². The monoisotopic (exact) mass is 337 g/mol. The Balaban J connectivity index is 1.96. The van der Waals surface area contributed by atoms with Gasteiger partial charge in [0.25, 0.3) is 0 Å². The molecule has 0 saturated carbocycles. The van der Waals surface area contributed by atoms with Crippen LogP contribution in [0, 0.1) is 0 Å². The predicted octanol–water partition coefficient (Wildman–Crippen LogP) is 3.20. The highest BCUT2D eigenvalue weighted by atomic mass is 79.9. The number of carbonyl (C=O) groups is 1. The SMILES string of the molecule is COCCOCC(=O)Nc1ccc2cc(Br)ccc2c1. The van der Waals surface area contributed by atoms with Crippen molar-refractivity contribution in [2.24, 2.45) is 0 Å². The molecule has 2 aromatic rings. The highest BCUT2D eigenvalue weighted by Crippen LogP contribution is 2.22. The van der Waals surface area contributed by atoms with Crippen LogP contribution in [0.25, 0.3) is 10.8 Å². The van der Waals surface area contributed by atoms with Gasteiger partial charge in [-0.2, -0.15) is 0 Å². The molecule has 20 heavy (non-hydrogen) atoms. The molecule has 2 aromatic carbocycles. The standard InChI is InChI=1S/C15H16BrNO3/c1-19-6-7-20-10-15(18)17-14-5-3-11-8-13(16)4-2-12(11)9-14/h2-5,8-9H,6-7,10H2,1H3,(H,17,18). The van der Waals surface area contributed by atoms with Gasteiger partial charge in [-0.1, -0.05) is 28.1 Å². The van der Waals surface area contributed by atoms with Gasteiger partial charge in [-0.25, -0.2) is 0 Å². The smallest absolute Gasteiger partial charge is 0.250 e. The van der Waals surface area contributed by atoms with E-state index >= 15 is 0 Å². The van der Waals surface area contributed by atoms with Gasteiger partial charge in [0.1, 0.15) is 6.61 Å². The Hall–Kier alpha value is -1.43. The summed E-state index contributed by atoms with van der Waals surface area (Å²) in [7, 11) is 1.59. The molecule has 1 N–H and O–H groups in total. The van der Waals surface area contributed by atoms with Gasteiger partial charge in [0, 0.05) is 17.3 Å². The lowest BCUT2D eigenvalue weighted by Crippen LogP contribution is -2.19. The number of methoxy groups -OCH3 is 1. The minimum Gasteiger partial charge on any atom is -0.382 e. The number of amides is 1. The molecule has 0 aromatic heterocycles. The molecule has 0 heterocycles. The van der Waals surface area contributed by atoms with E-state index < -0.39 is 0 Å². The fourth-order valence-corrected chi connectivity index (χ4v) is 2.18. The summed E-state index contributed by atoms with van der Waals surface area (Å²) in [5, 5.41) is 5.00. The van der Waals surface area contributed by atoms with Gasteiger partial charge in [0.2, 0.25) is 5.91 Å². The number of rotatable bonds is 6. The van der Waals surface area contributed by atoms with Crippen molar-refractivity contribution in [1.29, 1.82) is 0 Å². The molecule has 2 rings (SSSR count). The van der Waals surface area contributed by atoms with E-state index in [0.717, 1.165) is 20.9 Å². The van der Waals surface area contributed by atoms with Gasteiger partial charge >= 0.3 is 0 Å². The van der Waals surface area contributed by atoms with Crippen LogP contribution in [-0.4, -0.2) is 32.8 Å². The van der Waals surface area contributed by atoms with Crippen molar-refractivity contribution >= 4 is 38.3 Å². The Bertz CT molecular complexity index is 601. The quantitative estimate of drug-likeness (QED) is 0.823. The molecule has 106 valence electrons. The summed E-state index contributed by atoms with van der Waals surface area (Å²) in [5.74, 6) is -0.169. The summed E-state index contributed by atoms with van der Waals surface area (Å²) in [6, 6.07) is 11.8. The van der Waals surface area contributed by atoms with Crippen molar-refractivity contribution < 1.29 is 14.3 Å². The molecule has 0 saturated heterocycles. The number of hydrogen-bond acceptors (Lipinski definition) is 3. The Labute approximate surface area is 126 Å². The highest BCUT2D eigenvalue weighted by molar-refractivity contribution is 9.10. The van der Waals surface area contributed by atoms with Crippen LogP contribution in [0.4, 0.5) is 5.69 Å². The minimum atomic E-state index is -0.169. The molecule has 1 amide bonds. The molecule has 0 radical (unpaired) electrons. The maximum Gasteiger partial charge on any atom is 0.250 e. The van der Waals surface area contributed by atoms with Crippen molar-refractivity contribution in [3.05, 3.63) is 40.9 Å². The average molecular weight is 338 g/mol. The summed E-state index contributed by atoms with van der Waals surface area (Å²) in [4.78, 5) is 11.7. The average Bonchev–Trinajstić information content (AvgIpc) is 2.44. The normalized spacial score (nSPS) is 10.7. The first-order valence-corrected chi connectivity index (χ1v) is 7.04. The third-order valence-corrected chi connectivity index (χ3v) is 3.24. The third-order valence-electron chi connectivity index (χ3n) is 2.75. The van der Waals surface area contributed by atoms with E-state index in [2.05, 4.69) is 21.2 Å². The lowest BCUT2D eigenvalue weighted by molar-refractivity contribution is -0.121. The Morgan fingerprint density at radius 2 is 1.90 bits per heavy atom. The van der Waals surface area contributed by atoms with Crippen LogP contribution >= 0.6 is 15.9 Å². The number of ether oxygens (including phenoxy) is 2. The number of benzene rings is 2. The maximum atomic E-state index is 11.7. The van der Waals surface area contributed by atoms with Crippen LogP contribution < -0.4 is 5.32 Å². The van der Waals surface area contributed by atoms with Crippen LogP contribution in [0.2, 0.25) is 0 Å². The molecule has 0 fully saturated rings. The first-order chi connectivity index (χ1) is 9.69. The zero-order valence-electron chi connectivity index (χ0n) is 11.2. The summed E-state index contributed by atoms with van der Waals surface area (Å²) in [6.07, 6.45) is 0. The zero-order chi connectivity index (χ0) is 14.4. The van der Waals surface area contributed by atoms with E-state index in [1.165, 1.54) is 0 Å². The minimum absolute atomic E-state index is 0.0295. The largest absolute Gasteiger partial charge is 0.382 e. The zero-order valence-corrected chi connectivity index (χ0v) is 12.8. The van der Waals surface area contributed by atoms with Crippen LogP contribution in [0.3, 0.4) is 0 Å². The summed E-state index contributed by atoms with van der Waals surface area (Å²) < 4.78 is 11.0. The van der Waals surface area contributed by atoms with Gasteiger partial charge < -0.3 is 14.8 Å². The first-order valence-electron chi connectivity index (χ1n) is 6.25. The molecule has 5 heteroatoms. The Morgan fingerprint density at radius 1 is 1.15 bits per heavy atom. The lowest BCUT2D eigenvalue weighted by Gasteiger charge is -2.07. The second-order valence-electron chi connectivity index (χ2n) is 4.30. The topological polar surface area (TPSA) is 47.6 Å². The van der Waals surface area contributed by atoms with Gasteiger partial charge in [-0.05, 0) is 35.0 Å². The van der Waals surface area contributed by atoms with E-state index in [9.17, 15) is 4.79 Å². The molecule has 0 aliphatic rings. The van der Waals surface area contributed by atoms with Crippen molar-refractivity contribution in [2.75, 3.05) is 32.2 Å². The van der Waals surface area contributed by atoms with Gasteiger partial charge in [0.15, 0.2) is 0 Å². The molecule has 0 unspecified atom stereocenters. The van der Waals surface area contributed by atoms with Crippen molar-refractivity contribution in [1.82, 2.24) is 0 Å². The van der Waals surface area contributed by atoms with Crippen molar-refractivity contribution in [3.8, 4) is 0 Å². The molecule has 0 aliphatic heterocycles. The molecule has 0 bridgehead atoms. The predicted molar refractivity (Wildman–Crippen MR) is 83.0 cm³/mol. The molecular weight excluding hydrogens is 322 g/mol. The maximum absolute atomic E-state index is 11.7. The summed E-state index contributed by atoms with van der Waals surface area (Å²) >= 11 is 3.44. The number of nitrogens with one attached hydrogen (secondary N) is 1. The molecule has 0 aliphatic carbocycles.